The van der Waals surface area contributed by atoms with Crippen LogP contribution < -0.4 is 10.6 Å². The van der Waals surface area contributed by atoms with Crippen molar-refractivity contribution in [2.24, 2.45) is 5.92 Å². The van der Waals surface area contributed by atoms with E-state index in [1.165, 1.54) is 0 Å². The molecule has 90 valence electrons. The Labute approximate surface area is 94.6 Å². The van der Waals surface area contributed by atoms with Crippen molar-refractivity contribution in [1.29, 1.82) is 0 Å². The van der Waals surface area contributed by atoms with Crippen LogP contribution in [0.5, 0.6) is 0 Å². The van der Waals surface area contributed by atoms with Crippen molar-refractivity contribution in [3.8, 4) is 0 Å². The molecular formula is C11H18N2O3. The van der Waals surface area contributed by atoms with Gasteiger partial charge in [-0.15, -0.1) is 0 Å². The van der Waals surface area contributed by atoms with Gasteiger partial charge in [0.1, 0.15) is 0 Å². The Kier molecular flexibility index (Phi) is 3.43. The summed E-state index contributed by atoms with van der Waals surface area (Å²) in [6.45, 7) is 0.674. The number of carbonyl (C=O) groups is 2. The van der Waals surface area contributed by atoms with Crippen molar-refractivity contribution in [1.82, 2.24) is 10.6 Å². The first-order chi connectivity index (χ1) is 7.65. The van der Waals surface area contributed by atoms with Crippen molar-refractivity contribution in [2.75, 3.05) is 6.54 Å². The maximum absolute atomic E-state index is 11.0. The van der Waals surface area contributed by atoms with Crippen LogP contribution in [0.25, 0.3) is 0 Å². The first-order valence-corrected chi connectivity index (χ1v) is 5.90. The molecule has 0 aromatic heterocycles. The third-order valence-electron chi connectivity index (χ3n) is 3.47. The fraction of sp³-hybridized carbons (Fsp3) is 0.818. The lowest BCUT2D eigenvalue weighted by Crippen LogP contribution is -2.43. The van der Waals surface area contributed by atoms with E-state index in [-0.39, 0.29) is 23.9 Å². The monoisotopic (exact) mass is 226 g/mol. The zero-order valence-corrected chi connectivity index (χ0v) is 9.24. The van der Waals surface area contributed by atoms with Gasteiger partial charge < -0.3 is 15.7 Å². The van der Waals surface area contributed by atoms with E-state index in [9.17, 15) is 9.59 Å². The van der Waals surface area contributed by atoms with Gasteiger partial charge in [0.2, 0.25) is 5.91 Å². The zero-order chi connectivity index (χ0) is 11.5. The molecule has 0 spiro atoms. The molecule has 3 N–H and O–H groups in total. The average Bonchev–Trinajstić information content (AvgIpc) is 2.64. The molecule has 1 saturated carbocycles. The van der Waals surface area contributed by atoms with Gasteiger partial charge >= 0.3 is 5.97 Å². The van der Waals surface area contributed by atoms with E-state index in [0.717, 1.165) is 19.3 Å². The van der Waals surface area contributed by atoms with Gasteiger partial charge in [-0.1, -0.05) is 6.42 Å². The Morgan fingerprint density at radius 1 is 1.38 bits per heavy atom. The quantitative estimate of drug-likeness (QED) is 0.638. The second-order valence-corrected chi connectivity index (χ2v) is 4.77. The summed E-state index contributed by atoms with van der Waals surface area (Å²) in [5.74, 6) is -0.813. The van der Waals surface area contributed by atoms with Gasteiger partial charge in [0, 0.05) is 25.0 Å². The largest absolute Gasteiger partial charge is 0.481 e. The summed E-state index contributed by atoms with van der Waals surface area (Å²) < 4.78 is 0. The summed E-state index contributed by atoms with van der Waals surface area (Å²) in [4.78, 5) is 21.9. The fourth-order valence-corrected chi connectivity index (χ4v) is 2.62. The molecule has 2 fully saturated rings. The van der Waals surface area contributed by atoms with E-state index in [0.29, 0.717) is 19.4 Å². The van der Waals surface area contributed by atoms with Crippen LogP contribution in [0.3, 0.4) is 0 Å². The number of hydrogen-bond acceptors (Lipinski definition) is 3. The topological polar surface area (TPSA) is 78.4 Å². The number of nitrogens with one attached hydrogen (secondary N) is 2. The SMILES string of the molecule is O=C1CC(NC2CCCC(C(=O)O)C2)CN1. The Hall–Kier alpha value is -1.10. The number of aliphatic carboxylic acids is 1. The third kappa shape index (κ3) is 2.72. The predicted molar refractivity (Wildman–Crippen MR) is 57.9 cm³/mol. The number of hydrogen-bond donors (Lipinski definition) is 3. The first kappa shape index (κ1) is 11.4. The maximum Gasteiger partial charge on any atom is 0.306 e. The Balaban J connectivity index is 1.81. The number of amides is 1. The first-order valence-electron chi connectivity index (χ1n) is 5.90. The Morgan fingerprint density at radius 2 is 2.19 bits per heavy atom. The Morgan fingerprint density at radius 3 is 2.81 bits per heavy atom. The average molecular weight is 226 g/mol. The molecule has 5 heteroatoms. The maximum atomic E-state index is 11.0. The van der Waals surface area contributed by atoms with Crippen LogP contribution in [0.15, 0.2) is 0 Å². The van der Waals surface area contributed by atoms with E-state index >= 15 is 0 Å². The molecule has 0 aromatic carbocycles. The molecule has 1 aliphatic heterocycles. The van der Waals surface area contributed by atoms with E-state index in [2.05, 4.69) is 10.6 Å². The molecule has 5 nitrogen and oxygen atoms in total. The van der Waals surface area contributed by atoms with Crippen LogP contribution in [0.1, 0.15) is 32.1 Å². The van der Waals surface area contributed by atoms with Crippen molar-refractivity contribution in [3.63, 3.8) is 0 Å². The van der Waals surface area contributed by atoms with Gasteiger partial charge in [0.25, 0.3) is 0 Å². The molecule has 0 bridgehead atoms. The molecule has 1 saturated heterocycles. The fourth-order valence-electron chi connectivity index (χ4n) is 2.62. The highest BCUT2D eigenvalue weighted by Crippen LogP contribution is 2.25. The molecule has 1 amide bonds. The molecule has 2 aliphatic rings. The minimum Gasteiger partial charge on any atom is -0.481 e. The van der Waals surface area contributed by atoms with Gasteiger partial charge in [-0.05, 0) is 19.3 Å². The van der Waals surface area contributed by atoms with E-state index in [4.69, 9.17) is 5.11 Å². The highest BCUT2D eigenvalue weighted by Gasteiger charge is 2.30. The molecule has 2 rings (SSSR count). The zero-order valence-electron chi connectivity index (χ0n) is 9.24. The summed E-state index contributed by atoms with van der Waals surface area (Å²) in [7, 11) is 0. The van der Waals surface area contributed by atoms with E-state index in [1.54, 1.807) is 0 Å². The van der Waals surface area contributed by atoms with Crippen LogP contribution in [-0.4, -0.2) is 35.6 Å². The van der Waals surface area contributed by atoms with Gasteiger partial charge in [0.15, 0.2) is 0 Å². The molecule has 0 aromatic rings. The summed E-state index contributed by atoms with van der Waals surface area (Å²) in [5.41, 5.74) is 0. The molecule has 1 aliphatic carbocycles. The van der Waals surface area contributed by atoms with Gasteiger partial charge in [-0.2, -0.15) is 0 Å². The molecule has 0 radical (unpaired) electrons. The van der Waals surface area contributed by atoms with Crippen molar-refractivity contribution < 1.29 is 14.7 Å². The van der Waals surface area contributed by atoms with Crippen LogP contribution in [0, 0.1) is 5.92 Å². The number of rotatable bonds is 3. The normalized spacial score (nSPS) is 34.8. The third-order valence-corrected chi connectivity index (χ3v) is 3.47. The number of carboxylic acid groups (broad SMARTS) is 1. The minimum absolute atomic E-state index is 0.0862. The van der Waals surface area contributed by atoms with E-state index in [1.807, 2.05) is 0 Å². The molecule has 1 heterocycles. The van der Waals surface area contributed by atoms with Crippen molar-refractivity contribution in [3.05, 3.63) is 0 Å². The van der Waals surface area contributed by atoms with Crippen LogP contribution in [-0.2, 0) is 9.59 Å². The summed E-state index contributed by atoms with van der Waals surface area (Å²) in [6.07, 6.45) is 3.99. The standard InChI is InChI=1S/C11H18N2O3/c14-10-5-9(6-12-10)13-8-3-1-2-7(4-8)11(15)16/h7-9,13H,1-6H2,(H,12,14)(H,15,16). The van der Waals surface area contributed by atoms with Crippen LogP contribution >= 0.6 is 0 Å². The summed E-state index contributed by atoms with van der Waals surface area (Å²) in [6, 6.07) is 0.442. The molecule has 16 heavy (non-hydrogen) atoms. The molecule has 3 atom stereocenters. The minimum atomic E-state index is -0.688. The van der Waals surface area contributed by atoms with Crippen molar-refractivity contribution >= 4 is 11.9 Å². The highest BCUT2D eigenvalue weighted by atomic mass is 16.4. The van der Waals surface area contributed by atoms with Gasteiger partial charge in [-0.3, -0.25) is 9.59 Å². The molecule has 3 unspecified atom stereocenters. The Bertz CT molecular complexity index is 293. The van der Waals surface area contributed by atoms with Crippen LogP contribution in [0.2, 0.25) is 0 Å². The second kappa shape index (κ2) is 4.82. The van der Waals surface area contributed by atoms with E-state index < -0.39 is 5.97 Å². The lowest BCUT2D eigenvalue weighted by Gasteiger charge is -2.29. The number of carboxylic acids is 1. The van der Waals surface area contributed by atoms with Crippen molar-refractivity contribution in [2.45, 2.75) is 44.2 Å². The van der Waals surface area contributed by atoms with Gasteiger partial charge in [-0.25, -0.2) is 0 Å². The number of carbonyl (C=O) groups excluding carboxylic acids is 1. The molecular weight excluding hydrogens is 208 g/mol. The van der Waals surface area contributed by atoms with Crippen LogP contribution in [0.4, 0.5) is 0 Å². The lowest BCUT2D eigenvalue weighted by atomic mass is 9.85. The summed E-state index contributed by atoms with van der Waals surface area (Å²) in [5, 5.41) is 15.1. The predicted octanol–water partition coefficient (Wildman–Crippen LogP) is 0.108. The highest BCUT2D eigenvalue weighted by molar-refractivity contribution is 5.78. The van der Waals surface area contributed by atoms with Gasteiger partial charge in [0.05, 0.1) is 5.92 Å². The second-order valence-electron chi connectivity index (χ2n) is 4.77. The smallest absolute Gasteiger partial charge is 0.306 e. The summed E-state index contributed by atoms with van der Waals surface area (Å²) >= 11 is 0. The lowest BCUT2D eigenvalue weighted by molar-refractivity contribution is -0.143.